The Bertz CT molecular complexity index is 1110. The minimum atomic E-state index is -3.84. The Hall–Kier alpha value is -2.59. The van der Waals surface area contributed by atoms with Gasteiger partial charge in [0.15, 0.2) is 0 Å². The molecule has 186 valence electrons. The zero-order valence-electron chi connectivity index (χ0n) is 20.2. The number of benzene rings is 2. The van der Waals surface area contributed by atoms with E-state index in [9.17, 15) is 18.0 Å². The fourth-order valence-electron chi connectivity index (χ4n) is 3.35. The van der Waals surface area contributed by atoms with E-state index >= 15 is 0 Å². The highest BCUT2D eigenvalue weighted by atomic mass is 79.9. The molecule has 0 unspecified atom stereocenters. The number of anilines is 1. The Kier molecular flexibility index (Phi) is 9.93. The summed E-state index contributed by atoms with van der Waals surface area (Å²) < 4.78 is 32.7. The summed E-state index contributed by atoms with van der Waals surface area (Å²) in [4.78, 5) is 27.7. The van der Waals surface area contributed by atoms with Crippen LogP contribution in [-0.2, 0) is 26.2 Å². The smallest absolute Gasteiger partial charge is 0.244 e. The number of nitrogens with zero attached hydrogens (tertiary/aromatic N) is 2. The van der Waals surface area contributed by atoms with Crippen molar-refractivity contribution in [2.45, 2.75) is 39.8 Å². The number of rotatable bonds is 11. The summed E-state index contributed by atoms with van der Waals surface area (Å²) in [5.41, 5.74) is 1.90. The number of amides is 2. The number of sulfonamides is 1. The van der Waals surface area contributed by atoms with Gasteiger partial charge in [0, 0.05) is 17.6 Å². The molecule has 2 amide bonds. The highest BCUT2D eigenvalue weighted by Gasteiger charge is 2.31. The van der Waals surface area contributed by atoms with Gasteiger partial charge in [0.2, 0.25) is 21.8 Å². The van der Waals surface area contributed by atoms with Crippen LogP contribution in [0.2, 0.25) is 0 Å². The molecule has 0 saturated heterocycles. The Morgan fingerprint density at radius 1 is 1.15 bits per heavy atom. The van der Waals surface area contributed by atoms with E-state index in [4.69, 9.17) is 4.74 Å². The molecular formula is C24H32BrN3O5S. The molecule has 0 spiro atoms. The van der Waals surface area contributed by atoms with E-state index in [0.29, 0.717) is 12.3 Å². The number of nitrogens with one attached hydrogen (secondary N) is 1. The molecule has 0 aliphatic carbocycles. The van der Waals surface area contributed by atoms with Gasteiger partial charge in [-0.25, -0.2) is 8.42 Å². The zero-order valence-corrected chi connectivity index (χ0v) is 22.6. The van der Waals surface area contributed by atoms with Crippen LogP contribution in [-0.4, -0.2) is 57.6 Å². The summed E-state index contributed by atoms with van der Waals surface area (Å²) in [7, 11) is -2.39. The maximum atomic E-state index is 13.5. The van der Waals surface area contributed by atoms with E-state index in [1.807, 2.05) is 38.1 Å². The van der Waals surface area contributed by atoms with Crippen molar-refractivity contribution in [2.75, 3.05) is 30.8 Å². The molecule has 0 saturated carbocycles. The monoisotopic (exact) mass is 553 g/mol. The molecule has 0 heterocycles. The Labute approximate surface area is 210 Å². The van der Waals surface area contributed by atoms with Gasteiger partial charge in [0.25, 0.3) is 0 Å². The van der Waals surface area contributed by atoms with Gasteiger partial charge >= 0.3 is 0 Å². The van der Waals surface area contributed by atoms with Gasteiger partial charge in [-0.1, -0.05) is 41.1 Å². The molecule has 8 nitrogen and oxygen atoms in total. The summed E-state index contributed by atoms with van der Waals surface area (Å²) in [6.07, 6.45) is 1.80. The number of methoxy groups -OCH3 is 1. The number of carbonyl (C=O) groups excluding carboxylic acids is 2. The Morgan fingerprint density at radius 3 is 2.35 bits per heavy atom. The van der Waals surface area contributed by atoms with Crippen LogP contribution >= 0.6 is 15.9 Å². The third-order valence-electron chi connectivity index (χ3n) is 5.26. The third kappa shape index (κ3) is 7.46. The van der Waals surface area contributed by atoms with Crippen LogP contribution in [0, 0.1) is 6.92 Å². The lowest BCUT2D eigenvalue weighted by Crippen LogP contribution is -2.51. The minimum Gasteiger partial charge on any atom is -0.495 e. The lowest BCUT2D eigenvalue weighted by Gasteiger charge is -2.32. The van der Waals surface area contributed by atoms with Crippen molar-refractivity contribution in [2.24, 2.45) is 0 Å². The molecule has 2 aromatic carbocycles. The summed E-state index contributed by atoms with van der Waals surface area (Å²) >= 11 is 3.39. The van der Waals surface area contributed by atoms with E-state index in [0.717, 1.165) is 32.6 Å². The molecule has 0 aromatic heterocycles. The van der Waals surface area contributed by atoms with Crippen molar-refractivity contribution in [1.29, 1.82) is 0 Å². The summed E-state index contributed by atoms with van der Waals surface area (Å²) in [5.74, 6) is -0.473. The highest BCUT2D eigenvalue weighted by molar-refractivity contribution is 9.10. The SMILES string of the molecule is CCCNC(=O)[C@@H](C)N(Cc1ccc(Br)cc1)C(=O)CN(c1cc(C)ccc1OC)S(C)(=O)=O. The molecule has 2 aromatic rings. The van der Waals surface area contributed by atoms with Crippen molar-refractivity contribution in [3.63, 3.8) is 0 Å². The normalized spacial score (nSPS) is 12.1. The van der Waals surface area contributed by atoms with Crippen LogP contribution in [0.5, 0.6) is 5.75 Å². The molecule has 2 rings (SSSR count). The summed E-state index contributed by atoms with van der Waals surface area (Å²) in [5, 5.41) is 2.81. The van der Waals surface area contributed by atoms with Gasteiger partial charge in [-0.2, -0.15) is 0 Å². The summed E-state index contributed by atoms with van der Waals surface area (Å²) in [6.45, 7) is 5.56. The van der Waals surface area contributed by atoms with E-state index < -0.39 is 28.5 Å². The average molecular weight is 555 g/mol. The highest BCUT2D eigenvalue weighted by Crippen LogP contribution is 2.31. The second-order valence-electron chi connectivity index (χ2n) is 8.06. The molecule has 1 atom stereocenters. The summed E-state index contributed by atoms with van der Waals surface area (Å²) in [6, 6.07) is 11.7. The van der Waals surface area contributed by atoms with Crippen molar-refractivity contribution in [1.82, 2.24) is 10.2 Å². The van der Waals surface area contributed by atoms with Gasteiger partial charge in [0.05, 0.1) is 19.1 Å². The van der Waals surface area contributed by atoms with E-state index in [1.54, 1.807) is 25.1 Å². The lowest BCUT2D eigenvalue weighted by atomic mass is 10.1. The first-order valence-corrected chi connectivity index (χ1v) is 13.6. The van der Waals surface area contributed by atoms with Gasteiger partial charge in [-0.3, -0.25) is 13.9 Å². The first-order chi connectivity index (χ1) is 16.0. The lowest BCUT2D eigenvalue weighted by molar-refractivity contribution is -0.139. The standard InChI is InChI=1S/C24H32BrN3O5S/c1-6-13-26-24(30)18(3)27(15-19-8-10-20(25)11-9-19)23(29)16-28(34(5,31)32)21-14-17(2)7-12-22(21)33-4/h7-12,14,18H,6,13,15-16H2,1-5H3,(H,26,30)/t18-/m1/s1. The van der Waals surface area contributed by atoms with Gasteiger partial charge < -0.3 is 15.0 Å². The topological polar surface area (TPSA) is 96.0 Å². The molecule has 0 radical (unpaired) electrons. The van der Waals surface area contributed by atoms with Crippen LogP contribution in [0.1, 0.15) is 31.4 Å². The number of ether oxygens (including phenoxy) is 1. The number of hydrogen-bond acceptors (Lipinski definition) is 5. The minimum absolute atomic E-state index is 0.148. The van der Waals surface area contributed by atoms with Gasteiger partial charge in [0.1, 0.15) is 18.3 Å². The molecule has 10 heteroatoms. The molecule has 0 aliphatic rings. The second kappa shape index (κ2) is 12.2. The zero-order chi connectivity index (χ0) is 25.5. The van der Waals surface area contributed by atoms with Crippen molar-refractivity contribution in [3.05, 3.63) is 58.1 Å². The maximum absolute atomic E-state index is 13.5. The van der Waals surface area contributed by atoms with E-state index in [-0.39, 0.29) is 18.1 Å². The van der Waals surface area contributed by atoms with Crippen LogP contribution in [0.4, 0.5) is 5.69 Å². The van der Waals surface area contributed by atoms with E-state index in [2.05, 4.69) is 21.2 Å². The maximum Gasteiger partial charge on any atom is 0.244 e. The Morgan fingerprint density at radius 2 is 1.79 bits per heavy atom. The average Bonchev–Trinajstić information content (AvgIpc) is 2.79. The van der Waals surface area contributed by atoms with Gasteiger partial charge in [-0.15, -0.1) is 0 Å². The number of hydrogen-bond donors (Lipinski definition) is 1. The fourth-order valence-corrected chi connectivity index (χ4v) is 4.46. The predicted octanol–water partition coefficient (Wildman–Crippen LogP) is 3.48. The third-order valence-corrected chi connectivity index (χ3v) is 6.92. The largest absolute Gasteiger partial charge is 0.495 e. The number of aryl methyl sites for hydroxylation is 1. The quantitative estimate of drug-likeness (QED) is 0.459. The van der Waals surface area contributed by atoms with Gasteiger partial charge in [-0.05, 0) is 55.7 Å². The number of halogens is 1. The first kappa shape index (κ1) is 27.7. The molecule has 1 N–H and O–H groups in total. The first-order valence-electron chi connectivity index (χ1n) is 10.9. The van der Waals surface area contributed by atoms with Crippen LogP contribution in [0.25, 0.3) is 0 Å². The van der Waals surface area contributed by atoms with Crippen molar-refractivity contribution in [3.8, 4) is 5.75 Å². The van der Waals surface area contributed by atoms with Crippen LogP contribution in [0.3, 0.4) is 0 Å². The fraction of sp³-hybridized carbons (Fsp3) is 0.417. The molecule has 0 bridgehead atoms. The van der Waals surface area contributed by atoms with Crippen LogP contribution < -0.4 is 14.4 Å². The molecule has 0 aliphatic heterocycles. The predicted molar refractivity (Wildman–Crippen MR) is 137 cm³/mol. The number of carbonyl (C=O) groups is 2. The molecule has 34 heavy (non-hydrogen) atoms. The Balaban J connectivity index is 2.43. The van der Waals surface area contributed by atoms with Crippen molar-refractivity contribution < 1.29 is 22.7 Å². The molecule has 0 fully saturated rings. The van der Waals surface area contributed by atoms with E-state index in [1.165, 1.54) is 12.0 Å². The second-order valence-corrected chi connectivity index (χ2v) is 10.9. The van der Waals surface area contributed by atoms with Crippen molar-refractivity contribution >= 4 is 43.5 Å². The molecular weight excluding hydrogens is 522 g/mol. The van der Waals surface area contributed by atoms with Crippen LogP contribution in [0.15, 0.2) is 46.9 Å².